The van der Waals surface area contributed by atoms with E-state index in [-0.39, 0.29) is 17.0 Å². The maximum Gasteiger partial charge on any atom is 0.240 e. The number of nitrogens with one attached hydrogen (secondary N) is 1. The van der Waals surface area contributed by atoms with Crippen LogP contribution in [0.1, 0.15) is 51.4 Å². The summed E-state index contributed by atoms with van der Waals surface area (Å²) in [6.07, 6.45) is 8.38. The standard InChI is InChI=1S/C22H37ClN2O4S/c1-25(16-18-28-2)15-5-3-4-6-17-29-21-11-9-20(10-12-21)24-30(26,27)22-13-7-19(23)8-14-22/h7-8,13-14,20-21,24H,3-6,9-12,15-18H2,1-2H3. The Morgan fingerprint density at radius 1 is 1.00 bits per heavy atom. The van der Waals surface area contributed by atoms with Crippen molar-refractivity contribution in [1.82, 2.24) is 9.62 Å². The number of ether oxygens (including phenoxy) is 2. The Labute approximate surface area is 187 Å². The summed E-state index contributed by atoms with van der Waals surface area (Å²) >= 11 is 5.84. The Bertz CT molecular complexity index is 692. The van der Waals surface area contributed by atoms with E-state index in [2.05, 4.69) is 16.7 Å². The molecule has 0 atom stereocenters. The Hall–Kier alpha value is -0.700. The van der Waals surface area contributed by atoms with Gasteiger partial charge in [0.15, 0.2) is 0 Å². The van der Waals surface area contributed by atoms with Crippen molar-refractivity contribution in [3.63, 3.8) is 0 Å². The maximum absolute atomic E-state index is 12.5. The highest BCUT2D eigenvalue weighted by molar-refractivity contribution is 7.89. The van der Waals surface area contributed by atoms with E-state index in [0.29, 0.717) is 5.02 Å². The van der Waals surface area contributed by atoms with E-state index in [1.54, 1.807) is 19.2 Å². The van der Waals surface area contributed by atoms with Gasteiger partial charge in [-0.25, -0.2) is 13.1 Å². The summed E-state index contributed by atoms with van der Waals surface area (Å²) in [6, 6.07) is 6.25. The van der Waals surface area contributed by atoms with Gasteiger partial charge >= 0.3 is 0 Å². The lowest BCUT2D eigenvalue weighted by atomic mass is 9.94. The molecule has 0 saturated heterocycles. The molecule has 1 aliphatic rings. The van der Waals surface area contributed by atoms with E-state index >= 15 is 0 Å². The number of likely N-dealkylation sites (N-methyl/N-ethyl adjacent to an activating group) is 1. The van der Waals surface area contributed by atoms with Crippen LogP contribution in [0, 0.1) is 0 Å². The van der Waals surface area contributed by atoms with Crippen LogP contribution in [0.5, 0.6) is 0 Å². The topological polar surface area (TPSA) is 67.9 Å². The minimum absolute atomic E-state index is 0.0272. The van der Waals surface area contributed by atoms with E-state index in [4.69, 9.17) is 21.1 Å². The van der Waals surface area contributed by atoms with E-state index in [9.17, 15) is 8.42 Å². The average Bonchev–Trinajstić information content (AvgIpc) is 2.73. The van der Waals surface area contributed by atoms with Gasteiger partial charge in [-0.3, -0.25) is 0 Å². The second-order valence-corrected chi connectivity index (χ2v) is 10.3. The summed E-state index contributed by atoms with van der Waals surface area (Å²) in [5.74, 6) is 0. The molecule has 1 aromatic carbocycles. The second kappa shape index (κ2) is 13.7. The monoisotopic (exact) mass is 460 g/mol. The van der Waals surface area contributed by atoms with Crippen LogP contribution >= 0.6 is 11.6 Å². The zero-order chi connectivity index (χ0) is 21.8. The number of rotatable bonds is 14. The molecular weight excluding hydrogens is 424 g/mol. The summed E-state index contributed by atoms with van der Waals surface area (Å²) in [4.78, 5) is 2.56. The fourth-order valence-electron chi connectivity index (χ4n) is 3.69. The average molecular weight is 461 g/mol. The van der Waals surface area contributed by atoms with Gasteiger partial charge in [-0.15, -0.1) is 0 Å². The highest BCUT2D eigenvalue weighted by Gasteiger charge is 2.26. The molecule has 1 aromatic rings. The van der Waals surface area contributed by atoms with Crippen LogP contribution in [0.2, 0.25) is 5.02 Å². The number of halogens is 1. The van der Waals surface area contributed by atoms with Crippen molar-refractivity contribution in [3.8, 4) is 0 Å². The lowest BCUT2D eigenvalue weighted by Gasteiger charge is -2.29. The molecular formula is C22H37ClN2O4S. The molecule has 1 saturated carbocycles. The molecule has 0 bridgehead atoms. The van der Waals surface area contributed by atoms with Crippen molar-refractivity contribution in [3.05, 3.63) is 29.3 Å². The van der Waals surface area contributed by atoms with Gasteiger partial charge in [0.1, 0.15) is 0 Å². The molecule has 1 fully saturated rings. The van der Waals surface area contributed by atoms with Gasteiger partial charge in [-0.05, 0) is 76.4 Å². The number of hydrogen-bond acceptors (Lipinski definition) is 5. The normalized spacial score (nSPS) is 20.0. The Kier molecular flexibility index (Phi) is 11.6. The molecule has 1 aliphatic carbocycles. The van der Waals surface area contributed by atoms with Crippen molar-refractivity contribution >= 4 is 21.6 Å². The van der Waals surface area contributed by atoms with Gasteiger partial charge in [0.2, 0.25) is 10.0 Å². The number of benzene rings is 1. The van der Waals surface area contributed by atoms with Gasteiger partial charge in [0, 0.05) is 31.3 Å². The number of nitrogens with zero attached hydrogens (tertiary/aromatic N) is 1. The molecule has 0 spiro atoms. The third-order valence-electron chi connectivity index (χ3n) is 5.58. The molecule has 0 aromatic heterocycles. The number of unbranched alkanes of at least 4 members (excludes halogenated alkanes) is 3. The number of sulfonamides is 1. The fourth-order valence-corrected chi connectivity index (χ4v) is 5.13. The molecule has 8 heteroatoms. The number of hydrogen-bond donors (Lipinski definition) is 1. The Morgan fingerprint density at radius 2 is 1.67 bits per heavy atom. The molecule has 2 rings (SSSR count). The molecule has 30 heavy (non-hydrogen) atoms. The van der Waals surface area contributed by atoms with Crippen LogP contribution in [0.4, 0.5) is 0 Å². The molecule has 1 N–H and O–H groups in total. The molecule has 0 radical (unpaired) electrons. The summed E-state index contributed by atoms with van der Waals surface area (Å²) in [6.45, 7) is 3.68. The molecule has 6 nitrogen and oxygen atoms in total. The van der Waals surface area contributed by atoms with Crippen LogP contribution in [0.3, 0.4) is 0 Å². The van der Waals surface area contributed by atoms with Crippen molar-refractivity contribution < 1.29 is 17.9 Å². The third kappa shape index (κ3) is 9.62. The molecule has 0 aliphatic heterocycles. The van der Waals surface area contributed by atoms with Crippen LogP contribution in [0.25, 0.3) is 0 Å². The minimum atomic E-state index is -3.50. The van der Waals surface area contributed by atoms with E-state index < -0.39 is 10.0 Å². The summed E-state index contributed by atoms with van der Waals surface area (Å²) < 4.78 is 38.9. The highest BCUT2D eigenvalue weighted by atomic mass is 35.5. The summed E-state index contributed by atoms with van der Waals surface area (Å²) in [5.41, 5.74) is 0. The van der Waals surface area contributed by atoms with E-state index in [1.165, 1.54) is 31.4 Å². The van der Waals surface area contributed by atoms with Gasteiger partial charge in [-0.1, -0.05) is 24.4 Å². The molecule has 172 valence electrons. The SMILES string of the molecule is COCCN(C)CCCCCCOC1CCC(NS(=O)(=O)c2ccc(Cl)cc2)CC1. The molecule has 0 heterocycles. The number of methoxy groups -OCH3 is 1. The van der Waals surface area contributed by atoms with Crippen molar-refractivity contribution in [2.24, 2.45) is 0 Å². The molecule has 0 unspecified atom stereocenters. The van der Waals surface area contributed by atoms with Crippen molar-refractivity contribution in [1.29, 1.82) is 0 Å². The van der Waals surface area contributed by atoms with Gasteiger partial charge < -0.3 is 14.4 Å². The van der Waals surface area contributed by atoms with Crippen LogP contribution < -0.4 is 4.72 Å². The smallest absolute Gasteiger partial charge is 0.240 e. The second-order valence-electron chi connectivity index (χ2n) is 8.13. The zero-order valence-electron chi connectivity index (χ0n) is 18.3. The Morgan fingerprint density at radius 3 is 2.33 bits per heavy atom. The zero-order valence-corrected chi connectivity index (χ0v) is 19.9. The van der Waals surface area contributed by atoms with Crippen LogP contribution in [-0.2, 0) is 19.5 Å². The summed E-state index contributed by atoms with van der Waals surface area (Å²) in [7, 11) is 0.374. The summed E-state index contributed by atoms with van der Waals surface area (Å²) in [5, 5.41) is 0.529. The molecule has 0 amide bonds. The quantitative estimate of drug-likeness (QED) is 0.423. The first kappa shape index (κ1) is 25.6. The van der Waals surface area contributed by atoms with E-state index in [0.717, 1.165) is 58.4 Å². The minimum Gasteiger partial charge on any atom is -0.383 e. The lowest BCUT2D eigenvalue weighted by molar-refractivity contribution is 0.0219. The lowest BCUT2D eigenvalue weighted by Crippen LogP contribution is -2.39. The van der Waals surface area contributed by atoms with Crippen LogP contribution in [0.15, 0.2) is 29.2 Å². The third-order valence-corrected chi connectivity index (χ3v) is 7.37. The predicted octanol–water partition coefficient (Wildman–Crippen LogP) is 4.08. The van der Waals surface area contributed by atoms with Gasteiger partial charge in [-0.2, -0.15) is 0 Å². The highest BCUT2D eigenvalue weighted by Crippen LogP contribution is 2.23. The van der Waals surface area contributed by atoms with Crippen molar-refractivity contribution in [2.45, 2.75) is 68.4 Å². The van der Waals surface area contributed by atoms with Gasteiger partial charge in [0.25, 0.3) is 0 Å². The first-order valence-electron chi connectivity index (χ1n) is 11.0. The predicted molar refractivity (Wildman–Crippen MR) is 122 cm³/mol. The van der Waals surface area contributed by atoms with Crippen molar-refractivity contribution in [2.75, 3.05) is 40.5 Å². The fraction of sp³-hybridized carbons (Fsp3) is 0.727. The Balaban J connectivity index is 1.54. The largest absolute Gasteiger partial charge is 0.383 e. The first-order chi connectivity index (χ1) is 14.4. The first-order valence-corrected chi connectivity index (χ1v) is 12.8. The van der Waals surface area contributed by atoms with E-state index in [1.807, 2.05) is 0 Å². The van der Waals surface area contributed by atoms with Gasteiger partial charge in [0.05, 0.1) is 17.6 Å². The van der Waals surface area contributed by atoms with Crippen LogP contribution in [-0.4, -0.2) is 65.9 Å². The maximum atomic E-state index is 12.5.